The third kappa shape index (κ3) is 3.58. The van der Waals surface area contributed by atoms with Crippen LogP contribution in [-0.2, 0) is 0 Å². The van der Waals surface area contributed by atoms with Crippen LogP contribution >= 0.6 is 0 Å². The van der Waals surface area contributed by atoms with Gasteiger partial charge in [0.05, 0.1) is 0 Å². The zero-order valence-electron chi connectivity index (χ0n) is 9.16. The Morgan fingerprint density at radius 2 is 2.31 bits per heavy atom. The molecule has 1 heterocycles. The maximum atomic E-state index is 11.4. The summed E-state index contributed by atoms with van der Waals surface area (Å²) in [6.07, 6.45) is 5.74. The zero-order chi connectivity index (χ0) is 11.8. The first-order valence-electron chi connectivity index (χ1n) is 5.07. The van der Waals surface area contributed by atoms with Crippen LogP contribution in [0.1, 0.15) is 23.8 Å². The van der Waals surface area contributed by atoms with E-state index in [4.69, 9.17) is 6.42 Å². The fourth-order valence-corrected chi connectivity index (χ4v) is 1.06. The van der Waals surface area contributed by atoms with Gasteiger partial charge in [0, 0.05) is 19.5 Å². The fraction of sp³-hybridized carbons (Fsp3) is 0.364. The van der Waals surface area contributed by atoms with E-state index in [1.807, 2.05) is 6.92 Å². The molecule has 16 heavy (non-hydrogen) atoms. The van der Waals surface area contributed by atoms with Crippen LogP contribution in [0.5, 0.6) is 0 Å². The molecular weight excluding hydrogens is 204 g/mol. The van der Waals surface area contributed by atoms with Gasteiger partial charge in [-0.05, 0) is 19.1 Å². The molecule has 1 aromatic rings. The van der Waals surface area contributed by atoms with Gasteiger partial charge >= 0.3 is 0 Å². The van der Waals surface area contributed by atoms with E-state index in [2.05, 4.69) is 26.8 Å². The highest BCUT2D eigenvalue weighted by molar-refractivity contribution is 5.92. The quantitative estimate of drug-likeness (QED) is 0.563. The minimum absolute atomic E-state index is 0.217. The molecule has 0 saturated carbocycles. The summed E-state index contributed by atoms with van der Waals surface area (Å²) < 4.78 is 0. The number of terminal acetylenes is 1. The van der Waals surface area contributed by atoms with Crippen LogP contribution in [0, 0.1) is 12.3 Å². The number of carbonyl (C=O) groups is 1. The van der Waals surface area contributed by atoms with Crippen molar-refractivity contribution >= 4 is 11.7 Å². The predicted molar refractivity (Wildman–Crippen MR) is 62.0 cm³/mol. The molecule has 0 aliphatic heterocycles. The van der Waals surface area contributed by atoms with Gasteiger partial charge in [-0.15, -0.1) is 22.5 Å². The van der Waals surface area contributed by atoms with Crippen LogP contribution in [0.3, 0.4) is 0 Å². The molecule has 0 fully saturated rings. The number of hydrogen-bond donors (Lipinski definition) is 2. The second-order valence-corrected chi connectivity index (χ2v) is 3.04. The van der Waals surface area contributed by atoms with Crippen LogP contribution in [0.4, 0.5) is 5.82 Å². The van der Waals surface area contributed by atoms with E-state index >= 15 is 0 Å². The highest BCUT2D eigenvalue weighted by Crippen LogP contribution is 2.01. The van der Waals surface area contributed by atoms with Crippen molar-refractivity contribution in [1.82, 2.24) is 15.5 Å². The number of hydrogen-bond acceptors (Lipinski definition) is 4. The van der Waals surface area contributed by atoms with Crippen LogP contribution in [0.25, 0.3) is 0 Å². The second-order valence-electron chi connectivity index (χ2n) is 3.04. The molecule has 1 rings (SSSR count). The molecule has 1 amide bonds. The Hall–Kier alpha value is -2.09. The lowest BCUT2D eigenvalue weighted by Crippen LogP contribution is -2.24. The minimum Gasteiger partial charge on any atom is -0.368 e. The highest BCUT2D eigenvalue weighted by atomic mass is 16.1. The van der Waals surface area contributed by atoms with Crippen molar-refractivity contribution in [3.63, 3.8) is 0 Å². The van der Waals surface area contributed by atoms with E-state index in [1.165, 1.54) is 0 Å². The van der Waals surface area contributed by atoms with Crippen LogP contribution in [-0.4, -0.2) is 29.2 Å². The number of amides is 1. The highest BCUT2D eigenvalue weighted by Gasteiger charge is 2.05. The second kappa shape index (κ2) is 6.40. The molecule has 2 N–H and O–H groups in total. The molecule has 0 bridgehead atoms. The van der Waals surface area contributed by atoms with Gasteiger partial charge in [-0.1, -0.05) is 0 Å². The molecule has 0 unspecified atom stereocenters. The van der Waals surface area contributed by atoms with E-state index in [9.17, 15) is 4.79 Å². The summed E-state index contributed by atoms with van der Waals surface area (Å²) in [6, 6.07) is 3.32. The normalized spacial score (nSPS) is 9.25. The van der Waals surface area contributed by atoms with E-state index in [0.29, 0.717) is 31.0 Å². The van der Waals surface area contributed by atoms with Crippen LogP contribution < -0.4 is 10.6 Å². The van der Waals surface area contributed by atoms with E-state index in [0.717, 1.165) is 0 Å². The van der Waals surface area contributed by atoms with Crippen molar-refractivity contribution < 1.29 is 4.79 Å². The maximum absolute atomic E-state index is 11.4. The number of rotatable bonds is 5. The fourth-order valence-electron chi connectivity index (χ4n) is 1.06. The smallest absolute Gasteiger partial charge is 0.271 e. The van der Waals surface area contributed by atoms with Crippen LogP contribution in [0.15, 0.2) is 12.1 Å². The van der Waals surface area contributed by atoms with Crippen molar-refractivity contribution in [2.75, 3.05) is 18.4 Å². The molecule has 0 radical (unpaired) electrons. The summed E-state index contributed by atoms with van der Waals surface area (Å²) >= 11 is 0. The van der Waals surface area contributed by atoms with Gasteiger partial charge < -0.3 is 10.6 Å². The van der Waals surface area contributed by atoms with E-state index in [1.54, 1.807) is 12.1 Å². The van der Waals surface area contributed by atoms with E-state index in [-0.39, 0.29) is 5.91 Å². The summed E-state index contributed by atoms with van der Waals surface area (Å²) in [5.74, 6) is 2.91. The van der Waals surface area contributed by atoms with Gasteiger partial charge in [-0.2, -0.15) is 0 Å². The first-order chi connectivity index (χ1) is 7.77. The molecule has 0 aromatic carbocycles. The Labute approximate surface area is 94.7 Å². The number of aromatic nitrogens is 2. The molecule has 5 nitrogen and oxygen atoms in total. The molecule has 0 spiro atoms. The average Bonchev–Trinajstić information content (AvgIpc) is 2.30. The molecule has 84 valence electrons. The van der Waals surface area contributed by atoms with Crippen LogP contribution in [0.2, 0.25) is 0 Å². The Kier molecular flexibility index (Phi) is 4.80. The molecule has 5 heteroatoms. The van der Waals surface area contributed by atoms with Crippen molar-refractivity contribution in [3.8, 4) is 12.3 Å². The van der Waals surface area contributed by atoms with Gasteiger partial charge in [0.1, 0.15) is 5.82 Å². The SMILES string of the molecule is C#CCCNc1ccc(C(=O)NCC)nn1. The molecule has 0 aliphatic carbocycles. The number of nitrogens with zero attached hydrogens (tertiary/aromatic N) is 2. The number of carbonyl (C=O) groups excluding carboxylic acids is 1. The Morgan fingerprint density at radius 3 is 2.88 bits per heavy atom. The van der Waals surface area contributed by atoms with Gasteiger partial charge in [-0.25, -0.2) is 0 Å². The summed E-state index contributed by atoms with van der Waals surface area (Å²) in [4.78, 5) is 11.4. The number of anilines is 1. The van der Waals surface area contributed by atoms with Gasteiger partial charge in [0.25, 0.3) is 5.91 Å². The average molecular weight is 218 g/mol. The molecule has 1 aromatic heterocycles. The molecule has 0 saturated heterocycles. The van der Waals surface area contributed by atoms with Gasteiger partial charge in [0.2, 0.25) is 0 Å². The summed E-state index contributed by atoms with van der Waals surface area (Å²) in [6.45, 7) is 3.06. The summed E-state index contributed by atoms with van der Waals surface area (Å²) in [5, 5.41) is 13.3. The lowest BCUT2D eigenvalue weighted by Gasteiger charge is -2.03. The Morgan fingerprint density at radius 1 is 1.50 bits per heavy atom. The zero-order valence-corrected chi connectivity index (χ0v) is 9.16. The Balaban J connectivity index is 2.54. The minimum atomic E-state index is -0.217. The standard InChI is InChI=1S/C11H14N4O/c1-3-5-8-13-10-7-6-9(14-15-10)11(16)12-4-2/h1,6-7H,4-5,8H2,2H3,(H,12,16)(H,13,15). The number of nitrogens with one attached hydrogen (secondary N) is 2. The van der Waals surface area contributed by atoms with Crippen molar-refractivity contribution in [1.29, 1.82) is 0 Å². The molecule has 0 atom stereocenters. The van der Waals surface area contributed by atoms with Crippen molar-refractivity contribution in [2.24, 2.45) is 0 Å². The Bertz CT molecular complexity index is 380. The van der Waals surface area contributed by atoms with E-state index < -0.39 is 0 Å². The largest absolute Gasteiger partial charge is 0.368 e. The maximum Gasteiger partial charge on any atom is 0.271 e. The third-order valence-corrected chi connectivity index (χ3v) is 1.81. The third-order valence-electron chi connectivity index (χ3n) is 1.81. The lowest BCUT2D eigenvalue weighted by atomic mass is 10.3. The predicted octanol–water partition coefficient (Wildman–Crippen LogP) is 0.661. The van der Waals surface area contributed by atoms with Crippen molar-refractivity contribution in [3.05, 3.63) is 17.8 Å². The van der Waals surface area contributed by atoms with Gasteiger partial charge in [0.15, 0.2) is 5.69 Å². The van der Waals surface area contributed by atoms with Crippen molar-refractivity contribution in [2.45, 2.75) is 13.3 Å². The summed E-state index contributed by atoms with van der Waals surface area (Å²) in [7, 11) is 0. The van der Waals surface area contributed by atoms with Gasteiger partial charge in [-0.3, -0.25) is 4.79 Å². The molecular formula is C11H14N4O. The monoisotopic (exact) mass is 218 g/mol. The first kappa shape index (κ1) is 12.0. The topological polar surface area (TPSA) is 66.9 Å². The first-order valence-corrected chi connectivity index (χ1v) is 5.07. The summed E-state index contributed by atoms with van der Waals surface area (Å²) in [5.41, 5.74) is 0.310. The lowest BCUT2D eigenvalue weighted by molar-refractivity contribution is 0.0950. The molecule has 0 aliphatic rings.